The Kier molecular flexibility index (Phi) is 5.41. The van der Waals surface area contributed by atoms with Crippen LogP contribution in [-0.2, 0) is 11.8 Å². The van der Waals surface area contributed by atoms with Gasteiger partial charge in [0.1, 0.15) is 5.82 Å². The van der Waals surface area contributed by atoms with E-state index in [9.17, 15) is 9.59 Å². The van der Waals surface area contributed by atoms with Crippen molar-refractivity contribution in [3.05, 3.63) is 30.1 Å². The van der Waals surface area contributed by atoms with Crippen molar-refractivity contribution in [2.24, 2.45) is 7.05 Å². The molecule has 2 rings (SSSR count). The van der Waals surface area contributed by atoms with Crippen LogP contribution in [0.25, 0.3) is 11.4 Å². The van der Waals surface area contributed by atoms with E-state index in [-0.39, 0.29) is 12.5 Å². The van der Waals surface area contributed by atoms with Gasteiger partial charge in [0.15, 0.2) is 5.82 Å². The Balaban J connectivity index is 2.05. The summed E-state index contributed by atoms with van der Waals surface area (Å²) in [6, 6.07) is 6.92. The highest BCUT2D eigenvalue weighted by Gasteiger charge is 2.21. The molecule has 134 valence electrons. The number of amides is 2. The van der Waals surface area contributed by atoms with Crippen LogP contribution in [0.2, 0.25) is 0 Å². The van der Waals surface area contributed by atoms with Crippen molar-refractivity contribution in [2.75, 3.05) is 5.32 Å². The second kappa shape index (κ2) is 7.33. The number of rotatable bonds is 6. The maximum atomic E-state index is 12.2. The lowest BCUT2D eigenvalue weighted by Gasteiger charge is -2.25. The number of carboxylic acid groups (broad SMARTS) is 1. The van der Waals surface area contributed by atoms with Crippen LogP contribution in [-0.4, -0.2) is 37.4 Å². The number of urea groups is 1. The first-order valence-corrected chi connectivity index (χ1v) is 7.95. The fraction of sp³-hybridized carbons (Fsp3) is 0.412. The van der Waals surface area contributed by atoms with E-state index in [0.29, 0.717) is 17.9 Å². The topological polar surface area (TPSA) is 109 Å². The molecule has 8 heteroatoms. The summed E-state index contributed by atoms with van der Waals surface area (Å²) < 4.78 is 1.87. The van der Waals surface area contributed by atoms with E-state index in [0.717, 1.165) is 11.4 Å². The molecule has 0 fully saturated rings. The molecule has 0 unspecified atom stereocenters. The highest BCUT2D eigenvalue weighted by Crippen LogP contribution is 2.21. The largest absolute Gasteiger partial charge is 0.481 e. The highest BCUT2D eigenvalue weighted by atomic mass is 16.4. The van der Waals surface area contributed by atoms with E-state index in [1.54, 1.807) is 19.9 Å². The molecule has 1 aromatic heterocycles. The molecule has 1 heterocycles. The molecule has 0 aliphatic carbocycles. The Labute approximate surface area is 146 Å². The first-order chi connectivity index (χ1) is 11.7. The summed E-state index contributed by atoms with van der Waals surface area (Å²) in [5, 5.41) is 22.5. The summed E-state index contributed by atoms with van der Waals surface area (Å²) >= 11 is 0. The lowest BCUT2D eigenvalue weighted by molar-refractivity contribution is -0.137. The maximum absolute atomic E-state index is 12.2. The molecule has 25 heavy (non-hydrogen) atoms. The molecular formula is C17H23N5O3. The number of nitrogens with zero attached hydrogens (tertiary/aromatic N) is 3. The molecule has 0 radical (unpaired) electrons. The predicted octanol–water partition coefficient (Wildman–Crippen LogP) is 2.56. The van der Waals surface area contributed by atoms with Gasteiger partial charge in [-0.05, 0) is 39.3 Å². The van der Waals surface area contributed by atoms with Crippen molar-refractivity contribution in [3.8, 4) is 11.4 Å². The lowest BCUT2D eigenvalue weighted by atomic mass is 9.99. The zero-order valence-electron chi connectivity index (χ0n) is 14.8. The van der Waals surface area contributed by atoms with E-state index >= 15 is 0 Å². The summed E-state index contributed by atoms with van der Waals surface area (Å²) in [5.41, 5.74) is 0.830. The maximum Gasteiger partial charge on any atom is 0.319 e. The molecule has 3 N–H and O–H groups in total. The molecule has 0 spiro atoms. The quantitative estimate of drug-likeness (QED) is 0.745. The number of aliphatic carboxylic acids is 1. The van der Waals surface area contributed by atoms with Gasteiger partial charge in [-0.25, -0.2) is 4.79 Å². The molecule has 8 nitrogen and oxygen atoms in total. The van der Waals surface area contributed by atoms with Crippen LogP contribution >= 0.6 is 0 Å². The minimum absolute atomic E-state index is 0.00568. The normalized spacial score (nSPS) is 11.2. The minimum atomic E-state index is -0.887. The number of hydrogen-bond donors (Lipinski definition) is 3. The SMILES string of the molecule is Cc1nnc(-c2cccc(NC(=O)NC(C)(C)CCC(=O)O)c2)n1C. The monoisotopic (exact) mass is 345 g/mol. The van der Waals surface area contributed by atoms with Gasteiger partial charge in [-0.3, -0.25) is 4.79 Å². The van der Waals surface area contributed by atoms with E-state index in [4.69, 9.17) is 5.11 Å². The Hall–Kier alpha value is -2.90. The van der Waals surface area contributed by atoms with Crippen molar-refractivity contribution >= 4 is 17.7 Å². The van der Waals surface area contributed by atoms with Crippen molar-refractivity contribution in [1.29, 1.82) is 0 Å². The second-order valence-corrected chi connectivity index (χ2v) is 6.57. The average Bonchev–Trinajstić information content (AvgIpc) is 2.85. The molecule has 0 bridgehead atoms. The first-order valence-electron chi connectivity index (χ1n) is 7.95. The van der Waals surface area contributed by atoms with Crippen molar-refractivity contribution < 1.29 is 14.7 Å². The molecule has 0 aliphatic rings. The summed E-state index contributed by atoms with van der Waals surface area (Å²) in [6.45, 7) is 5.44. The summed E-state index contributed by atoms with van der Waals surface area (Å²) in [6.07, 6.45) is 0.336. The fourth-order valence-corrected chi connectivity index (χ4v) is 2.35. The zero-order chi connectivity index (χ0) is 18.6. The van der Waals surface area contributed by atoms with Gasteiger partial charge in [0.25, 0.3) is 0 Å². The highest BCUT2D eigenvalue weighted by molar-refractivity contribution is 5.90. The molecule has 2 amide bonds. The Morgan fingerprint density at radius 3 is 2.60 bits per heavy atom. The van der Waals surface area contributed by atoms with Crippen LogP contribution in [0.3, 0.4) is 0 Å². The number of nitrogens with one attached hydrogen (secondary N) is 2. The van der Waals surface area contributed by atoms with E-state index in [1.807, 2.05) is 36.7 Å². The smallest absolute Gasteiger partial charge is 0.319 e. The molecule has 2 aromatic rings. The second-order valence-electron chi connectivity index (χ2n) is 6.57. The number of carboxylic acids is 1. The molecule has 0 saturated carbocycles. The van der Waals surface area contributed by atoms with Crippen LogP contribution in [0.1, 0.15) is 32.5 Å². The van der Waals surface area contributed by atoms with Crippen LogP contribution in [0.15, 0.2) is 24.3 Å². The third-order valence-corrected chi connectivity index (χ3v) is 3.89. The van der Waals surface area contributed by atoms with Crippen LogP contribution in [0.5, 0.6) is 0 Å². The fourth-order valence-electron chi connectivity index (χ4n) is 2.35. The lowest BCUT2D eigenvalue weighted by Crippen LogP contribution is -2.45. The van der Waals surface area contributed by atoms with Gasteiger partial charge in [-0.15, -0.1) is 10.2 Å². The van der Waals surface area contributed by atoms with Gasteiger partial charge in [-0.1, -0.05) is 12.1 Å². The minimum Gasteiger partial charge on any atom is -0.481 e. The van der Waals surface area contributed by atoms with Crippen molar-refractivity contribution in [1.82, 2.24) is 20.1 Å². The van der Waals surface area contributed by atoms with Gasteiger partial charge < -0.3 is 20.3 Å². The average molecular weight is 345 g/mol. The number of carbonyl (C=O) groups excluding carboxylic acids is 1. The Morgan fingerprint density at radius 1 is 1.28 bits per heavy atom. The summed E-state index contributed by atoms with van der Waals surface area (Å²) in [4.78, 5) is 22.9. The molecular weight excluding hydrogens is 322 g/mol. The number of benzene rings is 1. The van der Waals surface area contributed by atoms with Crippen LogP contribution in [0.4, 0.5) is 10.5 Å². The van der Waals surface area contributed by atoms with E-state index in [2.05, 4.69) is 20.8 Å². The van der Waals surface area contributed by atoms with Gasteiger partial charge in [0.2, 0.25) is 0 Å². The number of carbonyl (C=O) groups is 2. The number of aromatic nitrogens is 3. The standard InChI is InChI=1S/C17H23N5O3/c1-11-20-21-15(22(11)4)12-6-5-7-13(10-12)18-16(25)19-17(2,3)9-8-14(23)24/h5-7,10H,8-9H2,1-4H3,(H,23,24)(H2,18,19,25). The third kappa shape index (κ3) is 5.03. The van der Waals surface area contributed by atoms with E-state index < -0.39 is 11.5 Å². The molecule has 0 atom stereocenters. The summed E-state index contributed by atoms with van der Waals surface area (Å²) in [7, 11) is 1.88. The van der Waals surface area contributed by atoms with Crippen LogP contribution in [0, 0.1) is 6.92 Å². The number of anilines is 1. The van der Waals surface area contributed by atoms with Gasteiger partial charge in [0, 0.05) is 30.3 Å². The zero-order valence-corrected chi connectivity index (χ0v) is 14.8. The number of hydrogen-bond acceptors (Lipinski definition) is 4. The number of aryl methyl sites for hydroxylation is 1. The van der Waals surface area contributed by atoms with Gasteiger partial charge >= 0.3 is 12.0 Å². The molecule has 1 aromatic carbocycles. The van der Waals surface area contributed by atoms with E-state index in [1.165, 1.54) is 0 Å². The summed E-state index contributed by atoms with van der Waals surface area (Å²) in [5.74, 6) is 0.622. The van der Waals surface area contributed by atoms with Gasteiger partial charge in [0.05, 0.1) is 0 Å². The van der Waals surface area contributed by atoms with Crippen molar-refractivity contribution in [3.63, 3.8) is 0 Å². The third-order valence-electron chi connectivity index (χ3n) is 3.89. The molecule has 0 saturated heterocycles. The molecule has 0 aliphatic heterocycles. The Morgan fingerprint density at radius 2 is 2.00 bits per heavy atom. The Bertz CT molecular complexity index is 782. The first kappa shape index (κ1) is 18.4. The predicted molar refractivity (Wildman–Crippen MR) is 94.3 cm³/mol. The van der Waals surface area contributed by atoms with Gasteiger partial charge in [-0.2, -0.15) is 0 Å². The van der Waals surface area contributed by atoms with Crippen molar-refractivity contribution in [2.45, 2.75) is 39.2 Å². The van der Waals surface area contributed by atoms with Crippen LogP contribution < -0.4 is 10.6 Å².